The van der Waals surface area contributed by atoms with Crippen LogP contribution in [0.5, 0.6) is 0 Å². The van der Waals surface area contributed by atoms with Gasteiger partial charge in [0.1, 0.15) is 11.3 Å². The maximum atomic E-state index is 13.8. The first-order valence-corrected chi connectivity index (χ1v) is 10.2. The molecule has 1 aliphatic carbocycles. The fraction of sp³-hybridized carbons (Fsp3) is 0.167. The Morgan fingerprint density at radius 1 is 1.00 bits per heavy atom. The van der Waals surface area contributed by atoms with Crippen LogP contribution < -0.4 is 10.2 Å². The minimum Gasteiger partial charge on any atom is -0.378 e. The Hall–Kier alpha value is -3.71. The van der Waals surface area contributed by atoms with Crippen LogP contribution in [0, 0.1) is 5.82 Å². The molecule has 2 heterocycles. The van der Waals surface area contributed by atoms with Crippen molar-refractivity contribution in [1.82, 2.24) is 5.16 Å². The Balaban J connectivity index is 1.62. The third-order valence-corrected chi connectivity index (χ3v) is 5.83. The molecule has 2 aliphatic rings. The van der Waals surface area contributed by atoms with Crippen LogP contribution in [0.4, 0.5) is 21.5 Å². The molecule has 154 valence electrons. The van der Waals surface area contributed by atoms with Gasteiger partial charge in [0, 0.05) is 29.9 Å². The second kappa shape index (κ2) is 6.92. The molecule has 1 N–H and O–H groups in total. The minimum absolute atomic E-state index is 0.108. The number of rotatable bonds is 3. The lowest BCUT2D eigenvalue weighted by molar-refractivity contribution is 0.104. The number of ether oxygens (including phenoxy) is 1. The summed E-state index contributed by atoms with van der Waals surface area (Å²) in [5, 5.41) is 8.31. The number of nitrogens with zero attached hydrogens (tertiary/aromatic N) is 2. The van der Waals surface area contributed by atoms with Crippen molar-refractivity contribution in [2.45, 2.75) is 0 Å². The summed E-state index contributed by atoms with van der Waals surface area (Å²) >= 11 is 0. The molecule has 31 heavy (non-hydrogen) atoms. The first-order chi connectivity index (χ1) is 15.2. The number of hydrogen-bond donors (Lipinski definition) is 1. The van der Waals surface area contributed by atoms with E-state index in [1.807, 2.05) is 24.3 Å². The standard InChI is InChI=1S/C24H18FN3O3/c25-14-4-3-5-15(12-14)26-18-13-19(28-8-10-30-11-9-28)22-21-20(18)23(29)16-6-1-2-7-17(16)24(21)31-27-22/h1-7,12-13,26H,8-11H2. The first kappa shape index (κ1) is 18.1. The molecule has 6 nitrogen and oxygen atoms in total. The van der Waals surface area contributed by atoms with Crippen LogP contribution in [0.3, 0.4) is 0 Å². The average molecular weight is 415 g/mol. The number of carbonyl (C=O) groups excluding carboxylic acids is 1. The van der Waals surface area contributed by atoms with Crippen molar-refractivity contribution in [2.24, 2.45) is 0 Å². The van der Waals surface area contributed by atoms with E-state index in [1.165, 1.54) is 12.1 Å². The molecular formula is C24H18FN3O3. The molecule has 1 aromatic heterocycles. The summed E-state index contributed by atoms with van der Waals surface area (Å²) in [5.74, 6) is 0.122. The number of benzene rings is 3. The summed E-state index contributed by atoms with van der Waals surface area (Å²) in [6.45, 7) is 2.64. The van der Waals surface area contributed by atoms with Gasteiger partial charge in [-0.15, -0.1) is 0 Å². The zero-order chi connectivity index (χ0) is 20.9. The Labute approximate surface area is 177 Å². The molecule has 0 bridgehead atoms. The molecule has 1 saturated heterocycles. The Kier molecular flexibility index (Phi) is 4.04. The quantitative estimate of drug-likeness (QED) is 0.458. The number of anilines is 3. The smallest absolute Gasteiger partial charge is 0.196 e. The zero-order valence-electron chi connectivity index (χ0n) is 16.5. The van der Waals surface area contributed by atoms with Crippen LogP contribution >= 0.6 is 0 Å². The highest BCUT2D eigenvalue weighted by Gasteiger charge is 2.33. The summed E-state index contributed by atoms with van der Waals surface area (Å²) in [4.78, 5) is 15.7. The molecule has 1 fully saturated rings. The number of fused-ring (bicyclic) bond motifs is 2. The second-order valence-electron chi connectivity index (χ2n) is 7.66. The molecule has 1 aliphatic heterocycles. The van der Waals surface area contributed by atoms with E-state index in [0.717, 1.165) is 11.3 Å². The predicted molar refractivity (Wildman–Crippen MR) is 116 cm³/mol. The van der Waals surface area contributed by atoms with E-state index in [2.05, 4.69) is 15.4 Å². The van der Waals surface area contributed by atoms with E-state index in [4.69, 9.17) is 9.26 Å². The highest BCUT2D eigenvalue weighted by molar-refractivity contribution is 6.28. The fourth-order valence-electron chi connectivity index (χ4n) is 4.41. The van der Waals surface area contributed by atoms with Gasteiger partial charge in [-0.05, 0) is 24.3 Å². The lowest BCUT2D eigenvalue weighted by Gasteiger charge is -2.30. The highest BCUT2D eigenvalue weighted by atomic mass is 19.1. The first-order valence-electron chi connectivity index (χ1n) is 10.2. The van der Waals surface area contributed by atoms with Gasteiger partial charge in [-0.25, -0.2) is 4.39 Å². The third kappa shape index (κ3) is 2.81. The largest absolute Gasteiger partial charge is 0.378 e. The van der Waals surface area contributed by atoms with Crippen molar-refractivity contribution < 1.29 is 18.4 Å². The molecule has 0 atom stereocenters. The van der Waals surface area contributed by atoms with Gasteiger partial charge < -0.3 is 19.5 Å². The van der Waals surface area contributed by atoms with Gasteiger partial charge in [-0.3, -0.25) is 4.79 Å². The van der Waals surface area contributed by atoms with E-state index in [-0.39, 0.29) is 11.6 Å². The third-order valence-electron chi connectivity index (χ3n) is 5.83. The SMILES string of the molecule is O=C1c2ccccc2-c2onc3c(N4CCOCC4)cc(Nc4cccc(F)c4)c1c23. The molecular weight excluding hydrogens is 397 g/mol. The van der Waals surface area contributed by atoms with E-state index in [0.29, 0.717) is 65.5 Å². The Bertz CT molecular complexity index is 1340. The molecule has 0 spiro atoms. The lowest BCUT2D eigenvalue weighted by atomic mass is 9.86. The maximum absolute atomic E-state index is 13.8. The summed E-state index contributed by atoms with van der Waals surface area (Å²) in [5.41, 5.74) is 4.47. The Morgan fingerprint density at radius 2 is 1.81 bits per heavy atom. The molecule has 0 amide bonds. The van der Waals surface area contributed by atoms with Gasteiger partial charge in [0.25, 0.3) is 0 Å². The van der Waals surface area contributed by atoms with Gasteiger partial charge in [0.15, 0.2) is 11.5 Å². The van der Waals surface area contributed by atoms with E-state index < -0.39 is 0 Å². The van der Waals surface area contributed by atoms with E-state index >= 15 is 0 Å². The van der Waals surface area contributed by atoms with Gasteiger partial charge in [0.2, 0.25) is 0 Å². The van der Waals surface area contributed by atoms with Crippen LogP contribution in [0.25, 0.3) is 22.2 Å². The molecule has 0 radical (unpaired) electrons. The summed E-state index contributed by atoms with van der Waals surface area (Å²) < 4.78 is 25.1. The van der Waals surface area contributed by atoms with Gasteiger partial charge >= 0.3 is 0 Å². The van der Waals surface area contributed by atoms with E-state index in [1.54, 1.807) is 18.2 Å². The number of ketones is 1. The minimum atomic E-state index is -0.351. The fourth-order valence-corrected chi connectivity index (χ4v) is 4.41. The van der Waals surface area contributed by atoms with Crippen molar-refractivity contribution in [1.29, 1.82) is 0 Å². The van der Waals surface area contributed by atoms with Crippen LogP contribution in [0.2, 0.25) is 0 Å². The molecule has 0 saturated carbocycles. The average Bonchev–Trinajstić information content (AvgIpc) is 3.24. The summed E-state index contributed by atoms with van der Waals surface area (Å²) in [6, 6.07) is 15.5. The van der Waals surface area contributed by atoms with Crippen molar-refractivity contribution in [3.8, 4) is 11.3 Å². The predicted octanol–water partition coefficient (Wildman–Crippen LogP) is 4.76. The van der Waals surface area contributed by atoms with Crippen molar-refractivity contribution >= 4 is 33.7 Å². The normalized spacial score (nSPS) is 15.3. The zero-order valence-corrected chi connectivity index (χ0v) is 16.5. The highest BCUT2D eigenvalue weighted by Crippen LogP contribution is 2.46. The maximum Gasteiger partial charge on any atom is 0.196 e. The van der Waals surface area contributed by atoms with Crippen LogP contribution in [-0.4, -0.2) is 37.2 Å². The summed E-state index contributed by atoms with van der Waals surface area (Å²) in [7, 11) is 0. The monoisotopic (exact) mass is 415 g/mol. The number of hydrogen-bond acceptors (Lipinski definition) is 6. The molecule has 4 aromatic rings. The van der Waals surface area contributed by atoms with Crippen molar-refractivity contribution in [3.05, 3.63) is 71.5 Å². The summed E-state index contributed by atoms with van der Waals surface area (Å²) in [6.07, 6.45) is 0. The number of aromatic nitrogens is 1. The van der Waals surface area contributed by atoms with Gasteiger partial charge in [-0.1, -0.05) is 35.5 Å². The van der Waals surface area contributed by atoms with Gasteiger partial charge in [0.05, 0.1) is 35.5 Å². The molecule has 7 heteroatoms. The van der Waals surface area contributed by atoms with Crippen molar-refractivity contribution in [3.63, 3.8) is 0 Å². The number of halogens is 1. The Morgan fingerprint density at radius 3 is 2.61 bits per heavy atom. The van der Waals surface area contributed by atoms with Gasteiger partial charge in [-0.2, -0.15) is 0 Å². The van der Waals surface area contributed by atoms with Crippen LogP contribution in [0.1, 0.15) is 15.9 Å². The molecule has 6 rings (SSSR count). The number of morpholine rings is 1. The second-order valence-corrected chi connectivity index (χ2v) is 7.66. The lowest BCUT2D eigenvalue weighted by Crippen LogP contribution is -2.36. The van der Waals surface area contributed by atoms with Crippen molar-refractivity contribution in [2.75, 3.05) is 36.5 Å². The topological polar surface area (TPSA) is 67.6 Å². The number of carbonyl (C=O) groups is 1. The van der Waals surface area contributed by atoms with Crippen LogP contribution in [0.15, 0.2) is 59.1 Å². The number of nitrogens with one attached hydrogen (secondary N) is 1. The molecule has 3 aromatic carbocycles. The van der Waals surface area contributed by atoms with E-state index in [9.17, 15) is 9.18 Å². The molecule has 0 unspecified atom stereocenters. The van der Waals surface area contributed by atoms with Crippen LogP contribution in [-0.2, 0) is 4.74 Å².